The van der Waals surface area contributed by atoms with Gasteiger partial charge in [-0.05, 0) is 23.7 Å². The molecule has 1 N–H and O–H groups in total. The van der Waals surface area contributed by atoms with Gasteiger partial charge in [-0.2, -0.15) is 0 Å². The van der Waals surface area contributed by atoms with Crippen LogP contribution in [0.25, 0.3) is 0 Å². The third kappa shape index (κ3) is 2.66. The summed E-state index contributed by atoms with van der Waals surface area (Å²) >= 11 is 1.36. The highest BCUT2D eigenvalue weighted by Gasteiger charge is 1.99. The van der Waals surface area contributed by atoms with Gasteiger partial charge in [-0.3, -0.25) is 0 Å². The number of anilines is 2. The van der Waals surface area contributed by atoms with E-state index in [0.29, 0.717) is 6.54 Å². The number of hydrogen-bond acceptors (Lipinski definition) is 6. The van der Waals surface area contributed by atoms with Crippen molar-refractivity contribution in [2.24, 2.45) is 0 Å². The van der Waals surface area contributed by atoms with Crippen LogP contribution in [0.1, 0.15) is 5.69 Å². The van der Waals surface area contributed by atoms with Gasteiger partial charge in [0.2, 0.25) is 0 Å². The molecule has 0 aromatic carbocycles. The lowest BCUT2D eigenvalue weighted by molar-refractivity contribution is 0.994. The molecule has 0 unspecified atom stereocenters. The molecule has 2 rings (SSSR count). The van der Waals surface area contributed by atoms with Crippen LogP contribution in [0.5, 0.6) is 0 Å². The molecule has 0 aliphatic heterocycles. The summed E-state index contributed by atoms with van der Waals surface area (Å²) in [6.45, 7) is 0.680. The second-order valence-corrected chi connectivity index (χ2v) is 4.16. The molecule has 5 nitrogen and oxygen atoms in total. The van der Waals surface area contributed by atoms with E-state index in [4.69, 9.17) is 0 Å². The topological polar surface area (TPSA) is 53.9 Å². The van der Waals surface area contributed by atoms with Crippen molar-refractivity contribution in [1.82, 2.24) is 14.6 Å². The lowest BCUT2D eigenvalue weighted by Gasteiger charge is -2.11. The van der Waals surface area contributed by atoms with E-state index >= 15 is 0 Å². The van der Waals surface area contributed by atoms with Crippen LogP contribution in [-0.4, -0.2) is 28.7 Å². The predicted molar refractivity (Wildman–Crippen MR) is 65.8 cm³/mol. The highest BCUT2D eigenvalue weighted by molar-refractivity contribution is 7.03. The molecule has 6 heteroatoms. The van der Waals surface area contributed by atoms with Crippen molar-refractivity contribution in [3.8, 4) is 0 Å². The molecule has 0 saturated heterocycles. The predicted octanol–water partition coefficient (Wildman–Crippen LogP) is 1.61. The molecular weight excluding hydrogens is 222 g/mol. The maximum atomic E-state index is 4.31. The van der Waals surface area contributed by atoms with Crippen LogP contribution in [0.4, 0.5) is 11.5 Å². The first kappa shape index (κ1) is 10.8. The van der Waals surface area contributed by atoms with Gasteiger partial charge in [0, 0.05) is 19.5 Å². The summed E-state index contributed by atoms with van der Waals surface area (Å²) in [5.74, 6) is 0.945. The Bertz CT molecular complexity index is 423. The van der Waals surface area contributed by atoms with Crippen molar-refractivity contribution < 1.29 is 0 Å². The van der Waals surface area contributed by atoms with Gasteiger partial charge in [0.05, 0.1) is 24.1 Å². The number of nitrogens with zero attached hydrogens (tertiary/aromatic N) is 4. The Morgan fingerprint density at radius 3 is 2.81 bits per heavy atom. The zero-order valence-corrected chi connectivity index (χ0v) is 10.0. The van der Waals surface area contributed by atoms with Crippen molar-refractivity contribution in [2.75, 3.05) is 24.3 Å². The van der Waals surface area contributed by atoms with E-state index < -0.39 is 0 Å². The lowest BCUT2D eigenvalue weighted by atomic mass is 10.3. The van der Waals surface area contributed by atoms with Crippen molar-refractivity contribution in [1.29, 1.82) is 0 Å². The molecule has 16 heavy (non-hydrogen) atoms. The van der Waals surface area contributed by atoms with Gasteiger partial charge in [-0.15, -0.1) is 5.10 Å². The van der Waals surface area contributed by atoms with E-state index in [1.54, 1.807) is 0 Å². The third-order valence-electron chi connectivity index (χ3n) is 2.08. The fourth-order valence-electron chi connectivity index (χ4n) is 1.21. The van der Waals surface area contributed by atoms with E-state index in [1.807, 2.05) is 42.7 Å². The zero-order valence-electron chi connectivity index (χ0n) is 9.21. The highest BCUT2D eigenvalue weighted by atomic mass is 32.1. The minimum Gasteiger partial charge on any atom is -0.378 e. The molecule has 2 aromatic heterocycles. The molecular formula is C10H13N5S. The van der Waals surface area contributed by atoms with Crippen molar-refractivity contribution in [3.05, 3.63) is 29.4 Å². The fraction of sp³-hybridized carbons (Fsp3) is 0.300. The molecule has 0 atom stereocenters. The maximum Gasteiger partial charge on any atom is 0.128 e. The number of rotatable bonds is 4. The van der Waals surface area contributed by atoms with Gasteiger partial charge < -0.3 is 10.2 Å². The Hall–Kier alpha value is -1.69. The van der Waals surface area contributed by atoms with Gasteiger partial charge in [-0.1, -0.05) is 4.49 Å². The standard InChI is InChI=1S/C10H13N5S/c1-15(2)10-4-3-8(5-12-10)11-6-9-7-16-14-13-9/h3-5,7,11H,6H2,1-2H3. The Morgan fingerprint density at radius 1 is 1.38 bits per heavy atom. The second-order valence-electron chi connectivity index (χ2n) is 3.55. The van der Waals surface area contributed by atoms with Crippen LogP contribution < -0.4 is 10.2 Å². The van der Waals surface area contributed by atoms with Crippen LogP contribution in [0.3, 0.4) is 0 Å². The maximum absolute atomic E-state index is 4.31. The van der Waals surface area contributed by atoms with E-state index in [1.165, 1.54) is 11.5 Å². The van der Waals surface area contributed by atoms with E-state index in [-0.39, 0.29) is 0 Å². The van der Waals surface area contributed by atoms with Crippen molar-refractivity contribution in [2.45, 2.75) is 6.54 Å². The summed E-state index contributed by atoms with van der Waals surface area (Å²) in [7, 11) is 3.94. The molecule has 0 radical (unpaired) electrons. The highest BCUT2D eigenvalue weighted by Crippen LogP contribution is 2.12. The van der Waals surface area contributed by atoms with Gasteiger partial charge in [0.1, 0.15) is 5.82 Å². The minimum atomic E-state index is 0.680. The summed E-state index contributed by atoms with van der Waals surface area (Å²) in [6, 6.07) is 3.98. The zero-order chi connectivity index (χ0) is 11.4. The summed E-state index contributed by atoms with van der Waals surface area (Å²) < 4.78 is 3.80. The number of aromatic nitrogens is 3. The fourth-order valence-corrected chi connectivity index (χ4v) is 1.66. The first-order valence-electron chi connectivity index (χ1n) is 4.89. The van der Waals surface area contributed by atoms with Crippen LogP contribution in [0.15, 0.2) is 23.7 Å². The molecule has 2 heterocycles. The molecule has 84 valence electrons. The Balaban J connectivity index is 1.95. The largest absolute Gasteiger partial charge is 0.378 e. The van der Waals surface area contributed by atoms with E-state index in [0.717, 1.165) is 17.2 Å². The monoisotopic (exact) mass is 235 g/mol. The molecule has 0 bridgehead atoms. The summed E-state index contributed by atoms with van der Waals surface area (Å²) in [5, 5.41) is 9.12. The molecule has 0 fully saturated rings. The smallest absolute Gasteiger partial charge is 0.128 e. The number of pyridine rings is 1. The second kappa shape index (κ2) is 4.89. The molecule has 0 saturated carbocycles. The van der Waals surface area contributed by atoms with Crippen LogP contribution in [0.2, 0.25) is 0 Å². The van der Waals surface area contributed by atoms with Gasteiger partial charge in [0.25, 0.3) is 0 Å². The quantitative estimate of drug-likeness (QED) is 0.872. The van der Waals surface area contributed by atoms with E-state index in [9.17, 15) is 0 Å². The Labute approximate surface area is 98.3 Å². The average Bonchev–Trinajstić information content (AvgIpc) is 2.80. The first-order valence-corrected chi connectivity index (χ1v) is 5.72. The molecule has 0 aliphatic carbocycles. The van der Waals surface area contributed by atoms with Gasteiger partial charge in [0.15, 0.2) is 0 Å². The van der Waals surface area contributed by atoms with E-state index in [2.05, 4.69) is 19.9 Å². The molecule has 0 aliphatic rings. The van der Waals surface area contributed by atoms with Gasteiger partial charge >= 0.3 is 0 Å². The third-order valence-corrected chi connectivity index (χ3v) is 2.64. The van der Waals surface area contributed by atoms with Gasteiger partial charge in [-0.25, -0.2) is 4.98 Å². The number of hydrogen-bond donors (Lipinski definition) is 1. The normalized spacial score (nSPS) is 10.1. The van der Waals surface area contributed by atoms with Crippen molar-refractivity contribution in [3.63, 3.8) is 0 Å². The Kier molecular flexibility index (Phi) is 3.31. The SMILES string of the molecule is CN(C)c1ccc(NCc2csnn2)cn1. The average molecular weight is 235 g/mol. The molecule has 0 spiro atoms. The summed E-state index contributed by atoms with van der Waals surface area (Å²) in [6.07, 6.45) is 1.81. The Morgan fingerprint density at radius 2 is 2.25 bits per heavy atom. The van der Waals surface area contributed by atoms with Crippen LogP contribution in [-0.2, 0) is 6.54 Å². The minimum absolute atomic E-state index is 0.680. The van der Waals surface area contributed by atoms with Crippen LogP contribution >= 0.6 is 11.5 Å². The lowest BCUT2D eigenvalue weighted by Crippen LogP contribution is -2.10. The molecule has 2 aromatic rings. The first-order chi connectivity index (χ1) is 7.75. The summed E-state index contributed by atoms with van der Waals surface area (Å²) in [4.78, 5) is 6.27. The molecule has 0 amide bonds. The summed E-state index contributed by atoms with van der Waals surface area (Å²) in [5.41, 5.74) is 1.93. The van der Waals surface area contributed by atoms with Crippen LogP contribution in [0, 0.1) is 0 Å². The van der Waals surface area contributed by atoms with Crippen molar-refractivity contribution >= 4 is 23.0 Å². The number of nitrogens with one attached hydrogen (secondary N) is 1.